The average molecular weight is 381 g/mol. The summed E-state index contributed by atoms with van der Waals surface area (Å²) in [5.74, 6) is 0.545. The topological polar surface area (TPSA) is 38.3 Å². The summed E-state index contributed by atoms with van der Waals surface area (Å²) in [5, 5.41) is 2.85. The first-order valence-corrected chi connectivity index (χ1v) is 7.42. The fraction of sp³-hybridized carbons (Fsp3) is 0.188. The number of amides is 1. The van der Waals surface area contributed by atoms with E-state index in [1.165, 1.54) is 0 Å². The van der Waals surface area contributed by atoms with Crippen LogP contribution in [-0.2, 0) is 4.79 Å². The van der Waals surface area contributed by atoms with Crippen molar-refractivity contribution in [2.45, 2.75) is 20.0 Å². The van der Waals surface area contributed by atoms with Gasteiger partial charge in [0.25, 0.3) is 5.91 Å². The zero-order valence-corrected chi connectivity index (χ0v) is 13.5. The number of benzene rings is 2. The minimum atomic E-state index is -0.547. The van der Waals surface area contributed by atoms with Crippen molar-refractivity contribution >= 4 is 34.2 Å². The molecule has 1 amide bonds. The molecule has 2 aromatic rings. The smallest absolute Gasteiger partial charge is 0.265 e. The van der Waals surface area contributed by atoms with E-state index in [2.05, 4.69) is 27.9 Å². The van der Waals surface area contributed by atoms with Crippen LogP contribution in [-0.4, -0.2) is 12.0 Å². The number of hydrogen-bond acceptors (Lipinski definition) is 2. The third-order valence-electron chi connectivity index (χ3n) is 2.76. The van der Waals surface area contributed by atoms with E-state index in [-0.39, 0.29) is 5.91 Å². The second-order valence-electron chi connectivity index (χ2n) is 4.58. The largest absolute Gasteiger partial charge is 0.481 e. The zero-order valence-electron chi connectivity index (χ0n) is 11.4. The minimum Gasteiger partial charge on any atom is -0.481 e. The molecule has 0 saturated heterocycles. The van der Waals surface area contributed by atoms with Crippen LogP contribution >= 0.6 is 22.6 Å². The van der Waals surface area contributed by atoms with Crippen molar-refractivity contribution in [2.24, 2.45) is 0 Å². The Morgan fingerprint density at radius 1 is 1.20 bits per heavy atom. The maximum absolute atomic E-state index is 12.1. The Morgan fingerprint density at radius 3 is 2.65 bits per heavy atom. The maximum atomic E-state index is 12.1. The molecule has 0 heterocycles. The van der Waals surface area contributed by atoms with Crippen molar-refractivity contribution < 1.29 is 9.53 Å². The van der Waals surface area contributed by atoms with E-state index in [1.54, 1.807) is 6.92 Å². The van der Waals surface area contributed by atoms with Gasteiger partial charge in [-0.2, -0.15) is 0 Å². The molecule has 1 N–H and O–H groups in total. The number of halogens is 1. The van der Waals surface area contributed by atoms with Crippen molar-refractivity contribution in [1.29, 1.82) is 0 Å². The molecule has 0 aliphatic heterocycles. The summed E-state index contributed by atoms with van der Waals surface area (Å²) in [6, 6.07) is 15.3. The van der Waals surface area contributed by atoms with Crippen molar-refractivity contribution in [1.82, 2.24) is 0 Å². The lowest BCUT2D eigenvalue weighted by Crippen LogP contribution is -2.30. The van der Waals surface area contributed by atoms with Crippen molar-refractivity contribution in [3.8, 4) is 5.75 Å². The van der Waals surface area contributed by atoms with Gasteiger partial charge in [0.05, 0.1) is 0 Å². The van der Waals surface area contributed by atoms with E-state index < -0.39 is 6.10 Å². The predicted octanol–water partition coefficient (Wildman–Crippen LogP) is 4.01. The molecule has 2 rings (SSSR count). The number of anilines is 1. The van der Waals surface area contributed by atoms with Crippen LogP contribution in [0, 0.1) is 10.5 Å². The molecular weight excluding hydrogens is 365 g/mol. The van der Waals surface area contributed by atoms with E-state index in [0.717, 1.165) is 14.8 Å². The van der Waals surface area contributed by atoms with Gasteiger partial charge < -0.3 is 10.1 Å². The zero-order chi connectivity index (χ0) is 14.5. The summed E-state index contributed by atoms with van der Waals surface area (Å²) in [6.45, 7) is 3.73. The van der Waals surface area contributed by atoms with Gasteiger partial charge in [-0.25, -0.2) is 0 Å². The molecule has 1 atom stereocenters. The normalized spacial score (nSPS) is 11.8. The summed E-state index contributed by atoms with van der Waals surface area (Å²) in [5.41, 5.74) is 1.88. The van der Waals surface area contributed by atoms with Crippen LogP contribution in [0.5, 0.6) is 5.75 Å². The first-order chi connectivity index (χ1) is 9.54. The number of carbonyl (C=O) groups is 1. The Morgan fingerprint density at radius 2 is 1.95 bits per heavy atom. The van der Waals surface area contributed by atoms with E-state index in [1.807, 2.05) is 55.5 Å². The highest BCUT2D eigenvalue weighted by atomic mass is 127. The monoisotopic (exact) mass is 381 g/mol. The van der Waals surface area contributed by atoms with Crippen LogP contribution in [0.25, 0.3) is 0 Å². The molecule has 3 nitrogen and oxygen atoms in total. The van der Waals surface area contributed by atoms with Crippen LogP contribution in [0.4, 0.5) is 5.69 Å². The molecule has 0 aliphatic carbocycles. The highest BCUT2D eigenvalue weighted by molar-refractivity contribution is 14.1. The van der Waals surface area contributed by atoms with Gasteiger partial charge in [0.15, 0.2) is 6.10 Å². The molecule has 0 saturated carbocycles. The maximum Gasteiger partial charge on any atom is 0.265 e. The Hall–Kier alpha value is -1.56. The SMILES string of the molecule is Cc1cccc(OC(C)C(=O)Nc2cccc(I)c2)c1. The molecule has 4 heteroatoms. The van der Waals surface area contributed by atoms with Gasteiger partial charge in [0.1, 0.15) is 5.75 Å². The Kier molecular flexibility index (Phi) is 5.00. The summed E-state index contributed by atoms with van der Waals surface area (Å²) in [6.07, 6.45) is -0.547. The van der Waals surface area contributed by atoms with Crippen LogP contribution in [0.15, 0.2) is 48.5 Å². The average Bonchev–Trinajstić information content (AvgIpc) is 2.38. The molecule has 0 spiro atoms. The van der Waals surface area contributed by atoms with E-state index in [0.29, 0.717) is 5.75 Å². The molecule has 0 aliphatic rings. The van der Waals surface area contributed by atoms with E-state index >= 15 is 0 Å². The molecular formula is C16H16INO2. The molecule has 2 aromatic carbocycles. The van der Waals surface area contributed by atoms with Gasteiger partial charge >= 0.3 is 0 Å². The number of ether oxygens (including phenoxy) is 1. The Bertz CT molecular complexity index is 613. The molecule has 0 fully saturated rings. The molecule has 1 unspecified atom stereocenters. The molecule has 0 radical (unpaired) electrons. The Labute approximate surface area is 132 Å². The highest BCUT2D eigenvalue weighted by Gasteiger charge is 2.14. The molecule has 104 valence electrons. The van der Waals surface area contributed by atoms with Gasteiger partial charge in [-0.1, -0.05) is 18.2 Å². The fourth-order valence-electron chi connectivity index (χ4n) is 1.76. The van der Waals surface area contributed by atoms with Gasteiger partial charge in [-0.3, -0.25) is 4.79 Å². The minimum absolute atomic E-state index is 0.159. The lowest BCUT2D eigenvalue weighted by atomic mass is 10.2. The first kappa shape index (κ1) is 14.8. The van der Waals surface area contributed by atoms with Gasteiger partial charge in [0, 0.05) is 9.26 Å². The Balaban J connectivity index is 1.98. The number of hydrogen-bond donors (Lipinski definition) is 1. The highest BCUT2D eigenvalue weighted by Crippen LogP contribution is 2.16. The summed E-state index contributed by atoms with van der Waals surface area (Å²) in [4.78, 5) is 12.1. The third-order valence-corrected chi connectivity index (χ3v) is 3.43. The van der Waals surface area contributed by atoms with Crippen LogP contribution < -0.4 is 10.1 Å². The van der Waals surface area contributed by atoms with Crippen molar-refractivity contribution in [2.75, 3.05) is 5.32 Å². The van der Waals surface area contributed by atoms with E-state index in [9.17, 15) is 4.79 Å². The number of aryl methyl sites for hydroxylation is 1. The number of nitrogens with one attached hydrogen (secondary N) is 1. The summed E-state index contributed by atoms with van der Waals surface area (Å²) in [7, 11) is 0. The lowest BCUT2D eigenvalue weighted by molar-refractivity contribution is -0.122. The molecule has 0 aromatic heterocycles. The number of rotatable bonds is 4. The lowest BCUT2D eigenvalue weighted by Gasteiger charge is -2.15. The molecule has 20 heavy (non-hydrogen) atoms. The van der Waals surface area contributed by atoms with Crippen molar-refractivity contribution in [3.63, 3.8) is 0 Å². The standard InChI is InChI=1S/C16H16INO2/c1-11-5-3-8-15(9-11)20-12(2)16(19)18-14-7-4-6-13(17)10-14/h3-10,12H,1-2H3,(H,18,19). The first-order valence-electron chi connectivity index (χ1n) is 6.34. The van der Waals surface area contributed by atoms with E-state index in [4.69, 9.17) is 4.74 Å². The second kappa shape index (κ2) is 6.74. The van der Waals surface area contributed by atoms with Gasteiger partial charge in [0.2, 0.25) is 0 Å². The fourth-order valence-corrected chi connectivity index (χ4v) is 2.30. The molecule has 0 bridgehead atoms. The predicted molar refractivity (Wildman–Crippen MR) is 89.1 cm³/mol. The van der Waals surface area contributed by atoms with Gasteiger partial charge in [-0.15, -0.1) is 0 Å². The quantitative estimate of drug-likeness (QED) is 0.813. The summed E-state index contributed by atoms with van der Waals surface area (Å²) < 4.78 is 6.72. The number of carbonyl (C=O) groups excluding carboxylic acids is 1. The summed E-state index contributed by atoms with van der Waals surface area (Å²) >= 11 is 2.21. The van der Waals surface area contributed by atoms with Crippen molar-refractivity contribution in [3.05, 3.63) is 57.7 Å². The second-order valence-corrected chi connectivity index (χ2v) is 5.82. The van der Waals surface area contributed by atoms with Gasteiger partial charge in [-0.05, 0) is 72.3 Å². The van der Waals surface area contributed by atoms with Crippen LogP contribution in [0.1, 0.15) is 12.5 Å². The van der Waals surface area contributed by atoms with Crippen LogP contribution in [0.3, 0.4) is 0 Å². The third kappa shape index (κ3) is 4.23. The van der Waals surface area contributed by atoms with Crippen LogP contribution in [0.2, 0.25) is 0 Å².